The Hall–Kier alpha value is -0.510. The highest BCUT2D eigenvalue weighted by atomic mass is 32.2. The minimum atomic E-state index is -2.70. The molecule has 0 aromatic rings. The molecule has 1 aliphatic heterocycles. The lowest BCUT2D eigenvalue weighted by Crippen LogP contribution is -2.05. The summed E-state index contributed by atoms with van der Waals surface area (Å²) in [5, 5.41) is 0. The molecule has 0 saturated carbocycles. The van der Waals surface area contributed by atoms with E-state index in [1.807, 2.05) is 13.0 Å². The molecule has 0 aromatic heterocycles. The van der Waals surface area contributed by atoms with Crippen molar-refractivity contribution in [2.45, 2.75) is 26.2 Å². The van der Waals surface area contributed by atoms with Crippen LogP contribution >= 0.6 is 0 Å². The van der Waals surface area contributed by atoms with Crippen LogP contribution in [0.4, 0.5) is 0 Å². The molecule has 1 saturated heterocycles. The molecule has 0 N–H and O–H groups in total. The van der Waals surface area contributed by atoms with E-state index in [2.05, 4.69) is 0 Å². The first-order chi connectivity index (χ1) is 6.64. The van der Waals surface area contributed by atoms with E-state index in [9.17, 15) is 8.42 Å². The molecule has 1 aliphatic rings. The van der Waals surface area contributed by atoms with Crippen LogP contribution in [0.2, 0.25) is 0 Å². The second-order valence-electron chi connectivity index (χ2n) is 3.75. The fourth-order valence-electron chi connectivity index (χ4n) is 1.72. The van der Waals surface area contributed by atoms with E-state index in [0.29, 0.717) is 24.0 Å². The maximum Gasteiger partial charge on any atom is 0.150 e. The van der Waals surface area contributed by atoms with Gasteiger partial charge in [-0.15, -0.1) is 0 Å². The number of hydrogen-bond acceptors (Lipinski definition) is 3. The van der Waals surface area contributed by atoms with Crippen LogP contribution in [0.3, 0.4) is 0 Å². The maximum absolute atomic E-state index is 11.1. The van der Waals surface area contributed by atoms with Crippen molar-refractivity contribution < 1.29 is 13.2 Å². The molecule has 3 nitrogen and oxygen atoms in total. The van der Waals surface area contributed by atoms with Crippen LogP contribution < -0.4 is 0 Å². The fraction of sp³-hybridized carbons (Fsp3) is 0.800. The van der Waals surface area contributed by atoms with Gasteiger partial charge in [0.2, 0.25) is 0 Å². The predicted molar refractivity (Wildman–Crippen MR) is 56.8 cm³/mol. The van der Waals surface area contributed by atoms with E-state index in [1.165, 1.54) is 0 Å². The van der Waals surface area contributed by atoms with Crippen molar-refractivity contribution in [3.63, 3.8) is 0 Å². The van der Waals surface area contributed by atoms with E-state index in [4.69, 9.17) is 4.74 Å². The van der Waals surface area contributed by atoms with Gasteiger partial charge in [-0.1, -0.05) is 6.08 Å². The standard InChI is InChI=1S/C10H18O3S/c1-2-6-13-7-3-4-10-5-8-14(11,12)9-10/h2,6,10H,3-5,7-9H2,1H3/b6-2+. The smallest absolute Gasteiger partial charge is 0.150 e. The van der Waals surface area contributed by atoms with Gasteiger partial charge in [-0.2, -0.15) is 0 Å². The monoisotopic (exact) mass is 218 g/mol. The van der Waals surface area contributed by atoms with Gasteiger partial charge >= 0.3 is 0 Å². The molecule has 1 atom stereocenters. The quantitative estimate of drug-likeness (QED) is 0.521. The Balaban J connectivity index is 2.09. The highest BCUT2D eigenvalue weighted by Gasteiger charge is 2.26. The Bertz CT molecular complexity index is 280. The van der Waals surface area contributed by atoms with Crippen LogP contribution in [0, 0.1) is 5.92 Å². The van der Waals surface area contributed by atoms with Crippen molar-refractivity contribution >= 4 is 9.84 Å². The van der Waals surface area contributed by atoms with Crippen molar-refractivity contribution in [3.05, 3.63) is 12.3 Å². The Morgan fingerprint density at radius 2 is 2.29 bits per heavy atom. The number of sulfone groups is 1. The van der Waals surface area contributed by atoms with Gasteiger partial charge in [-0.3, -0.25) is 0 Å². The lowest BCUT2D eigenvalue weighted by Gasteiger charge is -2.06. The van der Waals surface area contributed by atoms with Gasteiger partial charge in [0.1, 0.15) is 0 Å². The van der Waals surface area contributed by atoms with Gasteiger partial charge in [0.05, 0.1) is 24.4 Å². The number of rotatable bonds is 5. The van der Waals surface area contributed by atoms with Crippen LogP contribution in [-0.4, -0.2) is 26.5 Å². The molecule has 0 aromatic carbocycles. The molecule has 0 bridgehead atoms. The second kappa shape index (κ2) is 5.39. The SMILES string of the molecule is C/C=C/OCCCC1CCS(=O)(=O)C1. The average Bonchev–Trinajstić information content (AvgIpc) is 2.45. The number of allylic oxidation sites excluding steroid dienone is 1. The zero-order valence-electron chi connectivity index (χ0n) is 8.61. The predicted octanol–water partition coefficient (Wildman–Crippen LogP) is 1.75. The third kappa shape index (κ3) is 4.13. The largest absolute Gasteiger partial charge is 0.502 e. The first-order valence-corrected chi connectivity index (χ1v) is 6.89. The van der Waals surface area contributed by atoms with Crippen LogP contribution in [0.15, 0.2) is 12.3 Å². The summed E-state index contributed by atoms with van der Waals surface area (Å²) in [7, 11) is -2.70. The van der Waals surface area contributed by atoms with Crippen molar-refractivity contribution in [1.82, 2.24) is 0 Å². The average molecular weight is 218 g/mol. The summed E-state index contributed by atoms with van der Waals surface area (Å²) in [5.74, 6) is 1.14. The maximum atomic E-state index is 11.1. The minimum Gasteiger partial charge on any atom is -0.502 e. The summed E-state index contributed by atoms with van der Waals surface area (Å²) in [6.07, 6.45) is 6.28. The molecule has 1 heterocycles. The Morgan fingerprint density at radius 1 is 1.50 bits per heavy atom. The third-order valence-corrected chi connectivity index (χ3v) is 4.27. The van der Waals surface area contributed by atoms with Crippen LogP contribution in [0.1, 0.15) is 26.2 Å². The Labute approximate surface area is 86.1 Å². The summed E-state index contributed by atoms with van der Waals surface area (Å²) in [6.45, 7) is 2.60. The zero-order valence-corrected chi connectivity index (χ0v) is 9.42. The lowest BCUT2D eigenvalue weighted by atomic mass is 10.0. The first kappa shape index (κ1) is 11.6. The molecule has 82 valence electrons. The Kier molecular flexibility index (Phi) is 4.45. The van der Waals surface area contributed by atoms with E-state index >= 15 is 0 Å². The van der Waals surface area contributed by atoms with Crippen molar-refractivity contribution in [1.29, 1.82) is 0 Å². The molecule has 1 unspecified atom stereocenters. The minimum absolute atomic E-state index is 0.370. The summed E-state index contributed by atoms with van der Waals surface area (Å²) >= 11 is 0. The molecule has 1 rings (SSSR count). The topological polar surface area (TPSA) is 43.4 Å². The normalized spacial score (nSPS) is 25.6. The van der Waals surface area contributed by atoms with Crippen molar-refractivity contribution in [2.75, 3.05) is 18.1 Å². The summed E-state index contributed by atoms with van der Waals surface area (Å²) in [6, 6.07) is 0. The molecule has 0 spiro atoms. The van der Waals surface area contributed by atoms with E-state index in [-0.39, 0.29) is 0 Å². The van der Waals surface area contributed by atoms with Gasteiger partial charge in [-0.25, -0.2) is 8.42 Å². The molecular formula is C10H18O3S. The van der Waals surface area contributed by atoms with Gasteiger partial charge in [0.25, 0.3) is 0 Å². The Morgan fingerprint density at radius 3 is 2.86 bits per heavy atom. The van der Waals surface area contributed by atoms with E-state index in [0.717, 1.165) is 19.3 Å². The molecular weight excluding hydrogens is 200 g/mol. The molecule has 0 amide bonds. The van der Waals surface area contributed by atoms with Crippen LogP contribution in [0.5, 0.6) is 0 Å². The van der Waals surface area contributed by atoms with Crippen LogP contribution in [-0.2, 0) is 14.6 Å². The first-order valence-electron chi connectivity index (χ1n) is 5.07. The zero-order chi connectivity index (χ0) is 10.4. The highest BCUT2D eigenvalue weighted by Crippen LogP contribution is 2.22. The van der Waals surface area contributed by atoms with E-state index < -0.39 is 9.84 Å². The fourth-order valence-corrected chi connectivity index (χ4v) is 3.63. The summed E-state index contributed by atoms with van der Waals surface area (Å²) in [4.78, 5) is 0. The van der Waals surface area contributed by atoms with Gasteiger partial charge < -0.3 is 4.74 Å². The van der Waals surface area contributed by atoms with Crippen LogP contribution in [0.25, 0.3) is 0 Å². The van der Waals surface area contributed by atoms with Crippen molar-refractivity contribution in [3.8, 4) is 0 Å². The van der Waals surface area contributed by atoms with Gasteiger partial charge in [-0.05, 0) is 32.1 Å². The lowest BCUT2D eigenvalue weighted by molar-refractivity contribution is 0.234. The molecule has 4 heteroatoms. The molecule has 0 radical (unpaired) electrons. The number of ether oxygens (including phenoxy) is 1. The summed E-state index contributed by atoms with van der Waals surface area (Å²) < 4.78 is 27.4. The summed E-state index contributed by atoms with van der Waals surface area (Å²) in [5.41, 5.74) is 0. The molecule has 1 fully saturated rings. The van der Waals surface area contributed by atoms with E-state index in [1.54, 1.807) is 6.26 Å². The molecule has 0 aliphatic carbocycles. The van der Waals surface area contributed by atoms with Gasteiger partial charge in [0, 0.05) is 0 Å². The number of hydrogen-bond donors (Lipinski definition) is 0. The second-order valence-corrected chi connectivity index (χ2v) is 5.98. The highest BCUT2D eigenvalue weighted by molar-refractivity contribution is 7.91. The van der Waals surface area contributed by atoms with Gasteiger partial charge in [0.15, 0.2) is 9.84 Å². The molecule has 14 heavy (non-hydrogen) atoms. The van der Waals surface area contributed by atoms with Crippen molar-refractivity contribution in [2.24, 2.45) is 5.92 Å². The third-order valence-electron chi connectivity index (χ3n) is 2.43.